The lowest BCUT2D eigenvalue weighted by Crippen LogP contribution is -2.35. The molecule has 1 aromatic heterocycles. The van der Waals surface area contributed by atoms with Crippen molar-refractivity contribution in [2.24, 2.45) is 5.92 Å². The quantitative estimate of drug-likeness (QED) is 0.835. The second kappa shape index (κ2) is 5.63. The minimum Gasteiger partial charge on any atom is -0.395 e. The van der Waals surface area contributed by atoms with Gasteiger partial charge in [0.1, 0.15) is 11.6 Å². The molecule has 0 aromatic carbocycles. The zero-order chi connectivity index (χ0) is 13.1. The third-order valence-corrected chi connectivity index (χ3v) is 3.69. The van der Waals surface area contributed by atoms with E-state index in [0.717, 1.165) is 30.3 Å². The molecule has 2 N–H and O–H groups in total. The molecule has 1 aromatic rings. The first kappa shape index (κ1) is 13.2. The first-order chi connectivity index (χ1) is 8.63. The minimum absolute atomic E-state index is 0.214. The third-order valence-electron chi connectivity index (χ3n) is 3.69. The van der Waals surface area contributed by atoms with Gasteiger partial charge in [0.2, 0.25) is 0 Å². The first-order valence-corrected chi connectivity index (χ1v) is 6.51. The van der Waals surface area contributed by atoms with Gasteiger partial charge in [-0.2, -0.15) is 0 Å². The van der Waals surface area contributed by atoms with E-state index in [1.165, 1.54) is 0 Å². The second-order valence-electron chi connectivity index (χ2n) is 5.05. The SMILES string of the molecule is CNc1cc(C)nc(CN2CCC(C)C2CO)n1. The molecule has 1 saturated heterocycles. The number of nitrogens with one attached hydrogen (secondary N) is 1. The molecule has 0 aliphatic carbocycles. The van der Waals surface area contributed by atoms with Crippen LogP contribution in [0.25, 0.3) is 0 Å². The molecular formula is C13H22N4O. The van der Waals surface area contributed by atoms with E-state index in [2.05, 4.69) is 27.1 Å². The molecule has 2 atom stereocenters. The summed E-state index contributed by atoms with van der Waals surface area (Å²) in [6.45, 7) is 6.11. The van der Waals surface area contributed by atoms with Gasteiger partial charge < -0.3 is 10.4 Å². The molecule has 0 spiro atoms. The molecule has 5 heteroatoms. The van der Waals surface area contributed by atoms with E-state index in [4.69, 9.17) is 0 Å². The van der Waals surface area contributed by atoms with E-state index in [1.807, 2.05) is 20.0 Å². The Morgan fingerprint density at radius 3 is 2.94 bits per heavy atom. The van der Waals surface area contributed by atoms with E-state index >= 15 is 0 Å². The Balaban J connectivity index is 2.11. The number of rotatable bonds is 4. The van der Waals surface area contributed by atoms with Crippen LogP contribution in [0.4, 0.5) is 5.82 Å². The van der Waals surface area contributed by atoms with E-state index in [1.54, 1.807) is 0 Å². The number of aliphatic hydroxyl groups is 1. The van der Waals surface area contributed by atoms with E-state index in [9.17, 15) is 5.11 Å². The fraction of sp³-hybridized carbons (Fsp3) is 0.692. The van der Waals surface area contributed by atoms with Crippen molar-refractivity contribution in [3.05, 3.63) is 17.6 Å². The molecular weight excluding hydrogens is 228 g/mol. The Kier molecular flexibility index (Phi) is 4.14. The Labute approximate surface area is 108 Å². The number of aryl methyl sites for hydroxylation is 1. The van der Waals surface area contributed by atoms with Gasteiger partial charge in [-0.05, 0) is 25.8 Å². The summed E-state index contributed by atoms with van der Waals surface area (Å²) in [4.78, 5) is 11.2. The van der Waals surface area contributed by atoms with Gasteiger partial charge in [0.05, 0.1) is 13.2 Å². The summed E-state index contributed by atoms with van der Waals surface area (Å²) < 4.78 is 0. The highest BCUT2D eigenvalue weighted by Gasteiger charge is 2.30. The van der Waals surface area contributed by atoms with Gasteiger partial charge in [0.25, 0.3) is 0 Å². The van der Waals surface area contributed by atoms with Crippen LogP contribution in [-0.2, 0) is 6.54 Å². The molecule has 0 saturated carbocycles. The largest absolute Gasteiger partial charge is 0.395 e. The topological polar surface area (TPSA) is 61.3 Å². The predicted molar refractivity (Wildman–Crippen MR) is 71.4 cm³/mol. The average molecular weight is 250 g/mol. The number of hydrogen-bond donors (Lipinski definition) is 2. The fourth-order valence-corrected chi connectivity index (χ4v) is 2.59. The second-order valence-corrected chi connectivity index (χ2v) is 5.05. The Morgan fingerprint density at radius 2 is 2.28 bits per heavy atom. The molecule has 18 heavy (non-hydrogen) atoms. The Bertz CT molecular complexity index is 410. The Hall–Kier alpha value is -1.20. The highest BCUT2D eigenvalue weighted by molar-refractivity contribution is 5.34. The molecule has 2 rings (SSSR count). The molecule has 100 valence electrons. The van der Waals surface area contributed by atoms with Crippen molar-refractivity contribution in [1.82, 2.24) is 14.9 Å². The Morgan fingerprint density at radius 1 is 1.50 bits per heavy atom. The molecule has 1 fully saturated rings. The van der Waals surface area contributed by atoms with Gasteiger partial charge >= 0.3 is 0 Å². The van der Waals surface area contributed by atoms with Crippen molar-refractivity contribution in [1.29, 1.82) is 0 Å². The maximum Gasteiger partial charge on any atom is 0.144 e. The van der Waals surface area contributed by atoms with Crippen molar-refractivity contribution in [2.75, 3.05) is 25.5 Å². The van der Waals surface area contributed by atoms with E-state index < -0.39 is 0 Å². The highest BCUT2D eigenvalue weighted by atomic mass is 16.3. The van der Waals surface area contributed by atoms with Gasteiger partial charge in [0.15, 0.2) is 0 Å². The first-order valence-electron chi connectivity index (χ1n) is 6.51. The number of anilines is 1. The smallest absolute Gasteiger partial charge is 0.144 e. The minimum atomic E-state index is 0.214. The fourth-order valence-electron chi connectivity index (χ4n) is 2.59. The normalized spacial score (nSPS) is 24.4. The molecule has 0 bridgehead atoms. The summed E-state index contributed by atoms with van der Waals surface area (Å²) in [7, 11) is 1.86. The predicted octanol–water partition coefficient (Wildman–Crippen LogP) is 1.03. The third kappa shape index (κ3) is 2.79. The lowest BCUT2D eigenvalue weighted by atomic mass is 10.0. The number of likely N-dealkylation sites (tertiary alicyclic amines) is 1. The summed E-state index contributed by atoms with van der Waals surface area (Å²) >= 11 is 0. The number of nitrogens with zero attached hydrogens (tertiary/aromatic N) is 3. The highest BCUT2D eigenvalue weighted by Crippen LogP contribution is 2.24. The summed E-state index contributed by atoms with van der Waals surface area (Å²) in [6.07, 6.45) is 1.13. The van der Waals surface area contributed by atoms with Gasteiger partial charge in [-0.1, -0.05) is 6.92 Å². The van der Waals surface area contributed by atoms with Gasteiger partial charge in [-0.25, -0.2) is 9.97 Å². The summed E-state index contributed by atoms with van der Waals surface area (Å²) in [5.41, 5.74) is 0.970. The lowest BCUT2D eigenvalue weighted by Gasteiger charge is -2.24. The van der Waals surface area contributed by atoms with Crippen molar-refractivity contribution >= 4 is 5.82 Å². The van der Waals surface area contributed by atoms with Gasteiger partial charge in [0, 0.05) is 24.8 Å². The van der Waals surface area contributed by atoms with Crippen molar-refractivity contribution < 1.29 is 5.11 Å². The van der Waals surface area contributed by atoms with Crippen molar-refractivity contribution in [3.8, 4) is 0 Å². The van der Waals surface area contributed by atoms with Crippen LogP contribution in [0.15, 0.2) is 6.07 Å². The lowest BCUT2D eigenvalue weighted by molar-refractivity contribution is 0.132. The van der Waals surface area contributed by atoms with Gasteiger partial charge in [-0.15, -0.1) is 0 Å². The zero-order valence-electron chi connectivity index (χ0n) is 11.3. The maximum atomic E-state index is 9.45. The molecule has 2 unspecified atom stereocenters. The number of aromatic nitrogens is 2. The van der Waals surface area contributed by atoms with Crippen LogP contribution in [0.5, 0.6) is 0 Å². The van der Waals surface area contributed by atoms with Crippen molar-refractivity contribution in [2.45, 2.75) is 32.9 Å². The summed E-state index contributed by atoms with van der Waals surface area (Å²) in [5.74, 6) is 2.22. The number of hydrogen-bond acceptors (Lipinski definition) is 5. The summed E-state index contributed by atoms with van der Waals surface area (Å²) in [5, 5.41) is 12.5. The van der Waals surface area contributed by atoms with Crippen molar-refractivity contribution in [3.63, 3.8) is 0 Å². The molecule has 5 nitrogen and oxygen atoms in total. The average Bonchev–Trinajstić information content (AvgIpc) is 2.69. The van der Waals surface area contributed by atoms with Crippen LogP contribution >= 0.6 is 0 Å². The number of aliphatic hydroxyl groups excluding tert-OH is 1. The van der Waals surface area contributed by atoms with E-state index in [0.29, 0.717) is 12.5 Å². The molecule has 0 amide bonds. The van der Waals surface area contributed by atoms with Crippen LogP contribution in [0.1, 0.15) is 24.9 Å². The van der Waals surface area contributed by atoms with Crippen LogP contribution < -0.4 is 5.32 Å². The summed E-state index contributed by atoms with van der Waals surface area (Å²) in [6, 6.07) is 2.17. The van der Waals surface area contributed by atoms with Crippen LogP contribution in [0, 0.1) is 12.8 Å². The zero-order valence-corrected chi connectivity index (χ0v) is 11.3. The van der Waals surface area contributed by atoms with Gasteiger partial charge in [-0.3, -0.25) is 4.90 Å². The molecule has 1 aliphatic heterocycles. The van der Waals surface area contributed by atoms with Crippen LogP contribution in [-0.4, -0.2) is 46.2 Å². The molecule has 2 heterocycles. The van der Waals surface area contributed by atoms with Crippen LogP contribution in [0.3, 0.4) is 0 Å². The molecule has 0 radical (unpaired) electrons. The van der Waals surface area contributed by atoms with E-state index in [-0.39, 0.29) is 12.6 Å². The molecule has 1 aliphatic rings. The standard InChI is InChI=1S/C13H22N4O/c1-9-4-5-17(11(9)8-18)7-13-15-10(2)6-12(14-3)16-13/h6,9,11,18H,4-5,7-8H2,1-3H3,(H,14,15,16). The van der Waals surface area contributed by atoms with Crippen LogP contribution in [0.2, 0.25) is 0 Å². The monoisotopic (exact) mass is 250 g/mol. The maximum absolute atomic E-state index is 9.45.